The van der Waals surface area contributed by atoms with Gasteiger partial charge in [0.2, 0.25) is 0 Å². The topological polar surface area (TPSA) is 46.2 Å². The van der Waals surface area contributed by atoms with E-state index in [1.165, 1.54) is 38.5 Å². The second kappa shape index (κ2) is 14.4. The Labute approximate surface area is 130 Å². The number of aliphatic hydroxyl groups is 1. The molecule has 0 rings (SSSR count). The summed E-state index contributed by atoms with van der Waals surface area (Å²) in [6, 6.07) is 0.350. The molecule has 0 aliphatic carbocycles. The highest BCUT2D eigenvalue weighted by Gasteiger charge is 2.03. The first-order valence-electron chi connectivity index (χ1n) is 7.68. The fourth-order valence-electron chi connectivity index (χ4n) is 2.14. The zero-order valence-electron chi connectivity index (χ0n) is 13.1. The van der Waals surface area contributed by atoms with Crippen LogP contribution in [-0.2, 0) is 0 Å². The van der Waals surface area contributed by atoms with Crippen LogP contribution in [0.15, 0.2) is 11.3 Å². The van der Waals surface area contributed by atoms with Crippen molar-refractivity contribution >= 4 is 17.0 Å². The van der Waals surface area contributed by atoms with Crippen molar-refractivity contribution in [2.75, 3.05) is 0 Å². The second-order valence-corrected chi connectivity index (χ2v) is 5.57. The lowest BCUT2D eigenvalue weighted by Gasteiger charge is -2.11. The normalized spacial score (nSPS) is 13.7. The lowest BCUT2D eigenvalue weighted by Crippen LogP contribution is -2.19. The molecule has 116 valence electrons. The standard InChI is InChI=1S/C16H33NO.BrH/c1-4-5-6-7-8-9-12-16(17)13-10-11-14(2)15(3)18;/h16,18H,4-13,17H2,1-3H3;1H/b15-14-;. The van der Waals surface area contributed by atoms with E-state index in [2.05, 4.69) is 6.92 Å². The van der Waals surface area contributed by atoms with Crippen molar-refractivity contribution in [1.29, 1.82) is 0 Å². The van der Waals surface area contributed by atoms with Gasteiger partial charge < -0.3 is 10.8 Å². The van der Waals surface area contributed by atoms with Gasteiger partial charge in [0, 0.05) is 6.04 Å². The summed E-state index contributed by atoms with van der Waals surface area (Å²) < 4.78 is 0. The van der Waals surface area contributed by atoms with E-state index in [-0.39, 0.29) is 17.0 Å². The second-order valence-electron chi connectivity index (χ2n) is 5.57. The molecule has 0 saturated heterocycles. The van der Waals surface area contributed by atoms with Gasteiger partial charge in [-0.05, 0) is 45.1 Å². The number of hydrogen-bond donors (Lipinski definition) is 2. The van der Waals surface area contributed by atoms with Crippen LogP contribution in [0.5, 0.6) is 0 Å². The minimum absolute atomic E-state index is 0. The van der Waals surface area contributed by atoms with Crippen LogP contribution < -0.4 is 5.73 Å². The van der Waals surface area contributed by atoms with E-state index >= 15 is 0 Å². The smallest absolute Gasteiger partial charge is 0.0880 e. The third kappa shape index (κ3) is 14.2. The van der Waals surface area contributed by atoms with Crippen LogP contribution in [0.2, 0.25) is 0 Å². The number of unbranched alkanes of at least 4 members (excludes halogenated alkanes) is 5. The molecular formula is C16H34BrNO. The molecule has 2 nitrogen and oxygen atoms in total. The van der Waals surface area contributed by atoms with E-state index in [0.29, 0.717) is 11.8 Å². The van der Waals surface area contributed by atoms with E-state index in [9.17, 15) is 5.11 Å². The first kappa shape index (κ1) is 21.3. The molecule has 3 heteroatoms. The molecular weight excluding hydrogens is 302 g/mol. The Morgan fingerprint density at radius 2 is 1.47 bits per heavy atom. The van der Waals surface area contributed by atoms with Gasteiger partial charge in [-0.15, -0.1) is 17.0 Å². The molecule has 0 saturated carbocycles. The quantitative estimate of drug-likeness (QED) is 0.377. The lowest BCUT2D eigenvalue weighted by molar-refractivity contribution is 0.402. The van der Waals surface area contributed by atoms with Crippen LogP contribution in [0, 0.1) is 0 Å². The molecule has 0 aliphatic rings. The van der Waals surface area contributed by atoms with Crippen molar-refractivity contribution < 1.29 is 5.11 Å². The summed E-state index contributed by atoms with van der Waals surface area (Å²) in [5.41, 5.74) is 7.20. The van der Waals surface area contributed by atoms with Gasteiger partial charge in [0.1, 0.15) is 0 Å². The third-order valence-corrected chi connectivity index (χ3v) is 3.67. The molecule has 1 unspecified atom stereocenters. The minimum atomic E-state index is 0. The fraction of sp³-hybridized carbons (Fsp3) is 0.875. The Morgan fingerprint density at radius 3 is 2.05 bits per heavy atom. The zero-order valence-corrected chi connectivity index (χ0v) is 14.8. The maximum atomic E-state index is 9.28. The summed E-state index contributed by atoms with van der Waals surface area (Å²) in [6.07, 6.45) is 12.4. The summed E-state index contributed by atoms with van der Waals surface area (Å²) in [6.45, 7) is 6.00. The van der Waals surface area contributed by atoms with Crippen LogP contribution >= 0.6 is 17.0 Å². The molecule has 0 aromatic heterocycles. The average molecular weight is 336 g/mol. The van der Waals surface area contributed by atoms with Crippen molar-refractivity contribution in [3.05, 3.63) is 11.3 Å². The maximum Gasteiger partial charge on any atom is 0.0880 e. The third-order valence-electron chi connectivity index (χ3n) is 3.67. The van der Waals surface area contributed by atoms with Crippen molar-refractivity contribution in [3.8, 4) is 0 Å². The van der Waals surface area contributed by atoms with Crippen LogP contribution in [0.4, 0.5) is 0 Å². The van der Waals surface area contributed by atoms with E-state index < -0.39 is 0 Å². The predicted octanol–water partition coefficient (Wildman–Crippen LogP) is 5.66. The van der Waals surface area contributed by atoms with Gasteiger partial charge in [-0.1, -0.05) is 45.4 Å². The van der Waals surface area contributed by atoms with E-state index in [1.54, 1.807) is 6.92 Å². The Hall–Kier alpha value is -0.0200. The van der Waals surface area contributed by atoms with Crippen LogP contribution in [0.1, 0.15) is 85.0 Å². The van der Waals surface area contributed by atoms with Crippen LogP contribution in [0.3, 0.4) is 0 Å². The summed E-state index contributed by atoms with van der Waals surface area (Å²) in [5.74, 6) is 0.472. The minimum Gasteiger partial charge on any atom is -0.513 e. The van der Waals surface area contributed by atoms with Crippen LogP contribution in [0.25, 0.3) is 0 Å². The molecule has 3 N–H and O–H groups in total. The van der Waals surface area contributed by atoms with E-state index in [4.69, 9.17) is 5.73 Å². The summed E-state index contributed by atoms with van der Waals surface area (Å²) in [5, 5.41) is 9.28. The molecule has 0 spiro atoms. The Balaban J connectivity index is 0. The SMILES string of the molecule is Br.CCCCCCCCC(N)CCC/C(C)=C(/C)O. The molecule has 0 radical (unpaired) electrons. The van der Waals surface area contributed by atoms with Gasteiger partial charge in [0.05, 0.1) is 5.76 Å². The molecule has 0 fully saturated rings. The number of halogens is 1. The first-order chi connectivity index (χ1) is 8.57. The molecule has 0 aliphatic heterocycles. The van der Waals surface area contributed by atoms with E-state index in [1.807, 2.05) is 6.92 Å². The Morgan fingerprint density at radius 1 is 0.947 bits per heavy atom. The number of aliphatic hydroxyl groups excluding tert-OH is 1. The molecule has 0 aromatic carbocycles. The van der Waals surface area contributed by atoms with Crippen molar-refractivity contribution in [3.63, 3.8) is 0 Å². The highest BCUT2D eigenvalue weighted by Crippen LogP contribution is 2.14. The molecule has 19 heavy (non-hydrogen) atoms. The van der Waals surface area contributed by atoms with Gasteiger partial charge in [-0.25, -0.2) is 0 Å². The van der Waals surface area contributed by atoms with Crippen LogP contribution in [-0.4, -0.2) is 11.1 Å². The molecule has 0 bridgehead atoms. The Bertz CT molecular complexity index is 225. The highest BCUT2D eigenvalue weighted by atomic mass is 79.9. The molecule has 0 amide bonds. The molecule has 0 heterocycles. The van der Waals surface area contributed by atoms with Gasteiger partial charge in [0.15, 0.2) is 0 Å². The predicted molar refractivity (Wildman–Crippen MR) is 91.1 cm³/mol. The van der Waals surface area contributed by atoms with Gasteiger partial charge in [0.25, 0.3) is 0 Å². The number of allylic oxidation sites excluding steroid dienone is 2. The summed E-state index contributed by atoms with van der Waals surface area (Å²) in [7, 11) is 0. The van der Waals surface area contributed by atoms with Gasteiger partial charge in [-0.3, -0.25) is 0 Å². The molecule has 0 aromatic rings. The zero-order chi connectivity index (χ0) is 13.8. The number of nitrogens with two attached hydrogens (primary N) is 1. The number of rotatable bonds is 11. The number of hydrogen-bond acceptors (Lipinski definition) is 2. The summed E-state index contributed by atoms with van der Waals surface area (Å²) >= 11 is 0. The average Bonchev–Trinajstić information content (AvgIpc) is 2.33. The van der Waals surface area contributed by atoms with Crippen molar-refractivity contribution in [2.24, 2.45) is 5.73 Å². The van der Waals surface area contributed by atoms with Crippen molar-refractivity contribution in [2.45, 2.75) is 91.0 Å². The Kier molecular flexibility index (Phi) is 16.1. The highest BCUT2D eigenvalue weighted by molar-refractivity contribution is 8.93. The summed E-state index contributed by atoms with van der Waals surface area (Å²) in [4.78, 5) is 0. The van der Waals surface area contributed by atoms with Gasteiger partial charge >= 0.3 is 0 Å². The van der Waals surface area contributed by atoms with E-state index in [0.717, 1.165) is 31.3 Å². The lowest BCUT2D eigenvalue weighted by atomic mass is 10.0. The first-order valence-corrected chi connectivity index (χ1v) is 7.68. The van der Waals surface area contributed by atoms with Gasteiger partial charge in [-0.2, -0.15) is 0 Å². The molecule has 1 atom stereocenters. The van der Waals surface area contributed by atoms with Crippen molar-refractivity contribution in [1.82, 2.24) is 0 Å². The largest absolute Gasteiger partial charge is 0.513 e. The maximum absolute atomic E-state index is 9.28. The fourth-order valence-corrected chi connectivity index (χ4v) is 2.14. The monoisotopic (exact) mass is 335 g/mol.